The van der Waals surface area contributed by atoms with E-state index >= 15 is 70.2 Å². The molecule has 0 unspecified atom stereocenters. The van der Waals surface area contributed by atoms with Crippen molar-refractivity contribution >= 4 is 34.2 Å². The summed E-state index contributed by atoms with van der Waals surface area (Å²) in [5.74, 6) is -55.8. The van der Waals surface area contributed by atoms with Crippen LogP contribution in [0.1, 0.15) is 41.0 Å². The molecule has 6 nitrogen and oxygen atoms in total. The van der Waals surface area contributed by atoms with Crippen LogP contribution in [0.3, 0.4) is 0 Å². The molecule has 11 rings (SSSR count). The maximum absolute atomic E-state index is 16.4. The van der Waals surface area contributed by atoms with Gasteiger partial charge in [-0.05, 0) is 42.8 Å². The Morgan fingerprint density at radius 2 is 0.653 bits per heavy atom. The van der Waals surface area contributed by atoms with Crippen LogP contribution in [0.15, 0.2) is 24.3 Å². The molecule has 0 aliphatic carbocycles. The van der Waals surface area contributed by atoms with Gasteiger partial charge in [0.25, 0.3) is 0 Å². The first-order chi connectivity index (χ1) is 35.5. The lowest BCUT2D eigenvalue weighted by Gasteiger charge is -2.21. The fraction of sp³-hybridized carbons (Fsp3) is 0.143. The number of aliphatic hydroxyl groups excluding tert-OH is 1. The molecule has 7 aromatic rings. The van der Waals surface area contributed by atoms with E-state index < -0.39 is 236 Å². The van der Waals surface area contributed by atoms with Gasteiger partial charge in [0, 0.05) is 75.3 Å². The van der Waals surface area contributed by atoms with Crippen molar-refractivity contribution in [3.8, 4) is 44.5 Å². The van der Waals surface area contributed by atoms with Crippen molar-refractivity contribution in [2.75, 3.05) is 13.1 Å². The highest BCUT2D eigenvalue weighted by molar-refractivity contribution is 5.98. The third-order valence-corrected chi connectivity index (χ3v) is 13.6. The van der Waals surface area contributed by atoms with Gasteiger partial charge in [0.1, 0.15) is 0 Å². The zero-order valence-electron chi connectivity index (χ0n) is 36.2. The molecule has 26 heteroatoms. The maximum Gasteiger partial charge on any atom is 0.200 e. The minimum Gasteiger partial charge on any atom is -0.392 e. The summed E-state index contributed by atoms with van der Waals surface area (Å²) in [4.78, 5) is 14.5. The standard InChI is InChI=1S/C49H19F20N5O/c50-28-24(29(51)37(59)44(66)36(28)58)20-12-1-2-13(70-12)21(25-30(52)38(60)45(67)39(61)31(25)53)15-4-6-17(72-15)23(27-34(56)42(64)47(69)43(65)35(27)57)49-19-11(9-74-8-10(75)7-18(19)74)48(73-49)22(16-5-3-14(20)71-16)26-32(54)40(62)46(68)41(63)33(26)55/h1-6,10-11,18-19,71-72,75H,7-9H2/t10-,11-,18-,19-/m1/s1. The summed E-state index contributed by atoms with van der Waals surface area (Å²) in [6, 6.07) is 1.53. The van der Waals surface area contributed by atoms with Crippen LogP contribution < -0.4 is 0 Å². The van der Waals surface area contributed by atoms with Crippen LogP contribution in [0, 0.1) is 116 Å². The molecular formula is C49H19F20N5O. The lowest BCUT2D eigenvalue weighted by Crippen LogP contribution is -2.26. The Labute approximate surface area is 402 Å². The van der Waals surface area contributed by atoms with E-state index in [9.17, 15) is 22.7 Å². The lowest BCUT2D eigenvalue weighted by molar-refractivity contribution is 0.176. The second-order valence-electron chi connectivity index (χ2n) is 17.5. The quantitative estimate of drug-likeness (QED) is 0.0932. The molecule has 0 spiro atoms. The van der Waals surface area contributed by atoms with E-state index in [2.05, 4.69) is 19.9 Å². The number of aromatic amines is 2. The van der Waals surface area contributed by atoms with Crippen LogP contribution in [0.25, 0.3) is 78.7 Å². The maximum atomic E-state index is 16.4. The molecule has 75 heavy (non-hydrogen) atoms. The lowest BCUT2D eigenvalue weighted by atomic mass is 9.82. The molecular weight excluding hydrogens is 1050 g/mol. The van der Waals surface area contributed by atoms with Crippen molar-refractivity contribution in [2.24, 2.45) is 0 Å². The molecule has 4 atom stereocenters. The van der Waals surface area contributed by atoms with Crippen LogP contribution in [0.5, 0.6) is 0 Å². The third-order valence-electron chi connectivity index (χ3n) is 13.6. The van der Waals surface area contributed by atoms with Crippen LogP contribution in [0.4, 0.5) is 87.8 Å². The predicted octanol–water partition coefficient (Wildman–Crippen LogP) is 13.3. The number of H-pyrrole nitrogens is 2. The molecule has 2 fully saturated rings. The molecule has 2 saturated heterocycles. The number of halogens is 20. The Balaban J connectivity index is 1.45. The predicted molar refractivity (Wildman–Crippen MR) is 222 cm³/mol. The average Bonchev–Trinajstić information content (AvgIpc) is 4.30. The number of aliphatic hydroxyl groups is 1. The molecule has 4 aliphatic heterocycles. The first kappa shape index (κ1) is 49.5. The van der Waals surface area contributed by atoms with Gasteiger partial charge < -0.3 is 15.1 Å². The van der Waals surface area contributed by atoms with E-state index in [0.29, 0.717) is 36.4 Å². The molecule has 7 heterocycles. The van der Waals surface area contributed by atoms with Gasteiger partial charge in [-0.3, -0.25) is 9.88 Å². The largest absolute Gasteiger partial charge is 0.392 e. The molecule has 3 aromatic heterocycles. The monoisotopic (exact) mass is 1070 g/mol. The average molecular weight is 1070 g/mol. The molecule has 3 N–H and O–H groups in total. The zero-order valence-corrected chi connectivity index (χ0v) is 36.2. The van der Waals surface area contributed by atoms with E-state index in [1.807, 2.05) is 0 Å². The summed E-state index contributed by atoms with van der Waals surface area (Å²) in [6.45, 7) is -0.747. The van der Waals surface area contributed by atoms with Crippen molar-refractivity contribution in [3.05, 3.63) is 163 Å². The van der Waals surface area contributed by atoms with Gasteiger partial charge in [-0.1, -0.05) is 0 Å². The highest BCUT2D eigenvalue weighted by Gasteiger charge is 2.53. The highest BCUT2D eigenvalue weighted by Crippen LogP contribution is 2.56. The molecule has 4 aromatic carbocycles. The minimum absolute atomic E-state index is 0.276. The smallest absolute Gasteiger partial charge is 0.200 e. The fourth-order valence-electron chi connectivity index (χ4n) is 10.4. The van der Waals surface area contributed by atoms with E-state index in [0.717, 1.165) is 0 Å². The second-order valence-corrected chi connectivity index (χ2v) is 17.5. The van der Waals surface area contributed by atoms with Gasteiger partial charge in [-0.2, -0.15) is 0 Å². The Hall–Kier alpha value is -7.74. The van der Waals surface area contributed by atoms with Crippen LogP contribution in [-0.2, 0) is 0 Å². The van der Waals surface area contributed by atoms with E-state index in [4.69, 9.17) is 0 Å². The van der Waals surface area contributed by atoms with Crippen molar-refractivity contribution in [1.29, 1.82) is 0 Å². The second kappa shape index (κ2) is 17.2. The summed E-state index contributed by atoms with van der Waals surface area (Å²) in [5.41, 5.74) is -19.8. The first-order valence-electron chi connectivity index (χ1n) is 21.4. The van der Waals surface area contributed by atoms with Gasteiger partial charge in [-0.15, -0.1) is 0 Å². The van der Waals surface area contributed by atoms with Gasteiger partial charge in [0.15, 0.2) is 93.1 Å². The van der Waals surface area contributed by atoms with Crippen molar-refractivity contribution in [1.82, 2.24) is 24.8 Å². The van der Waals surface area contributed by atoms with Gasteiger partial charge in [0.2, 0.25) is 23.3 Å². The molecule has 386 valence electrons. The fourth-order valence-corrected chi connectivity index (χ4v) is 10.4. The van der Waals surface area contributed by atoms with Crippen molar-refractivity contribution in [2.45, 2.75) is 30.4 Å². The summed E-state index contributed by atoms with van der Waals surface area (Å²) in [7, 11) is 0. The Morgan fingerprint density at radius 3 is 1.00 bits per heavy atom. The van der Waals surface area contributed by atoms with Crippen molar-refractivity contribution < 1.29 is 92.9 Å². The number of nitrogens with zero attached hydrogens (tertiary/aromatic N) is 3. The minimum atomic E-state index is -2.72. The topological polar surface area (TPSA) is 80.8 Å². The zero-order chi connectivity index (χ0) is 53.9. The van der Waals surface area contributed by atoms with Gasteiger partial charge >= 0.3 is 0 Å². The summed E-state index contributed by atoms with van der Waals surface area (Å²) in [6.07, 6.45) is -0.353. The number of hydrogen-bond acceptors (Lipinski definition) is 4. The Bertz CT molecular complexity index is 3850. The SMILES string of the molecule is O[C@@H]1C[C@@H]2[C@@H]3c4nc(c(-c5c(F)c(F)c(F)c(F)c5F)c5ccc([nH]5)c(-c5c(F)c(F)c(F)c(F)c5F)c5nc(c(-c6c(F)c(F)c(F)c(F)c6F)c6ccc([nH]6)c4-c4c(F)c(F)c(F)c(F)c4F)C=C5)[C@@H]3CN2C1. The third kappa shape index (κ3) is 6.89. The number of aromatic nitrogens is 4. The van der Waals surface area contributed by atoms with Crippen molar-refractivity contribution in [3.63, 3.8) is 0 Å². The Kier molecular flexibility index (Phi) is 11.3. The van der Waals surface area contributed by atoms with Crippen LogP contribution in [-0.4, -0.2) is 55.2 Å². The molecule has 0 radical (unpaired) electrons. The van der Waals surface area contributed by atoms with Crippen LogP contribution in [0.2, 0.25) is 0 Å². The summed E-state index contributed by atoms with van der Waals surface area (Å²) >= 11 is 0. The summed E-state index contributed by atoms with van der Waals surface area (Å²) < 4.78 is 311. The molecule has 0 saturated carbocycles. The first-order valence-corrected chi connectivity index (χ1v) is 21.4. The Morgan fingerprint density at radius 1 is 0.360 bits per heavy atom. The molecule has 0 amide bonds. The number of nitrogens with one attached hydrogen (secondary N) is 2. The summed E-state index contributed by atoms with van der Waals surface area (Å²) in [5, 5.41) is 10.8. The van der Waals surface area contributed by atoms with E-state index in [1.54, 1.807) is 0 Å². The van der Waals surface area contributed by atoms with E-state index in [-0.39, 0.29) is 13.0 Å². The highest BCUT2D eigenvalue weighted by atomic mass is 19.2. The molecule has 4 aliphatic rings. The van der Waals surface area contributed by atoms with Gasteiger partial charge in [0.05, 0.1) is 51.1 Å². The normalized spacial score (nSPS) is 18.2. The number of fused-ring (bicyclic) bond motifs is 13. The number of hydrogen-bond donors (Lipinski definition) is 3. The van der Waals surface area contributed by atoms with Crippen LogP contribution >= 0.6 is 0 Å². The molecule has 8 bridgehead atoms. The number of rotatable bonds is 4. The number of benzene rings is 4. The van der Waals surface area contributed by atoms with Gasteiger partial charge in [-0.25, -0.2) is 92.8 Å². The van der Waals surface area contributed by atoms with E-state index in [1.165, 1.54) is 4.90 Å².